The van der Waals surface area contributed by atoms with Crippen LogP contribution in [0.2, 0.25) is 0 Å². The molecule has 0 radical (unpaired) electrons. The van der Waals surface area contributed by atoms with Crippen LogP contribution < -0.4 is 21.1 Å². The van der Waals surface area contributed by atoms with E-state index in [9.17, 15) is 0 Å². The van der Waals surface area contributed by atoms with Crippen molar-refractivity contribution in [2.45, 2.75) is 0 Å². The average molecular weight is 261 g/mol. The molecule has 0 bridgehead atoms. The second-order valence-electron chi connectivity index (χ2n) is 3.89. The van der Waals surface area contributed by atoms with E-state index >= 15 is 0 Å². The van der Waals surface area contributed by atoms with Crippen LogP contribution in [0.1, 0.15) is 0 Å². The summed E-state index contributed by atoms with van der Waals surface area (Å²) in [6.07, 6.45) is 6.11. The molecule has 0 saturated heterocycles. The van der Waals surface area contributed by atoms with Gasteiger partial charge in [-0.25, -0.2) is 19.9 Å². The maximum atomic E-state index is 5.52. The second kappa shape index (κ2) is 5.80. The zero-order valence-electron chi connectivity index (χ0n) is 10.5. The first-order valence-corrected chi connectivity index (χ1v) is 5.64. The van der Waals surface area contributed by atoms with Gasteiger partial charge in [-0.05, 0) is 0 Å². The first-order valence-electron chi connectivity index (χ1n) is 5.64. The minimum Gasteiger partial charge on any atom is -0.462 e. The van der Waals surface area contributed by atoms with Gasteiger partial charge in [0.2, 0.25) is 5.95 Å². The van der Waals surface area contributed by atoms with Crippen molar-refractivity contribution in [2.24, 2.45) is 0 Å². The van der Waals surface area contributed by atoms with Crippen molar-refractivity contribution >= 4 is 17.3 Å². The SMILES string of the molecule is CN(CCOc1ncc(N)cn1)c1ncc(N)cn1. The average Bonchev–Trinajstić information content (AvgIpc) is 2.41. The Hall–Kier alpha value is -2.64. The highest BCUT2D eigenvalue weighted by molar-refractivity contribution is 5.37. The first kappa shape index (κ1) is 12.8. The van der Waals surface area contributed by atoms with Gasteiger partial charge >= 0.3 is 6.01 Å². The molecule has 2 aromatic heterocycles. The van der Waals surface area contributed by atoms with E-state index in [0.717, 1.165) is 0 Å². The normalized spacial score (nSPS) is 10.2. The van der Waals surface area contributed by atoms with Gasteiger partial charge in [-0.3, -0.25) is 0 Å². The van der Waals surface area contributed by atoms with E-state index in [1.807, 2.05) is 11.9 Å². The van der Waals surface area contributed by atoms with Gasteiger partial charge < -0.3 is 21.1 Å². The van der Waals surface area contributed by atoms with E-state index < -0.39 is 0 Å². The largest absolute Gasteiger partial charge is 0.462 e. The number of hydrogen-bond acceptors (Lipinski definition) is 8. The molecular formula is C11H15N7O. The Bertz CT molecular complexity index is 514. The van der Waals surface area contributed by atoms with Crippen LogP contribution >= 0.6 is 0 Å². The number of aromatic nitrogens is 4. The van der Waals surface area contributed by atoms with E-state index in [0.29, 0.717) is 36.5 Å². The number of hydrogen-bond donors (Lipinski definition) is 2. The van der Waals surface area contributed by atoms with Crippen molar-refractivity contribution < 1.29 is 4.74 Å². The molecule has 0 amide bonds. The molecule has 19 heavy (non-hydrogen) atoms. The summed E-state index contributed by atoms with van der Waals surface area (Å²) >= 11 is 0. The monoisotopic (exact) mass is 261 g/mol. The van der Waals surface area contributed by atoms with Crippen molar-refractivity contribution in [3.63, 3.8) is 0 Å². The third-order valence-corrected chi connectivity index (χ3v) is 2.31. The highest BCUT2D eigenvalue weighted by atomic mass is 16.5. The van der Waals surface area contributed by atoms with Gasteiger partial charge in [0, 0.05) is 7.05 Å². The minimum absolute atomic E-state index is 0.292. The molecule has 0 aromatic carbocycles. The Morgan fingerprint density at radius 3 is 2.11 bits per heavy atom. The third-order valence-electron chi connectivity index (χ3n) is 2.31. The molecule has 0 aliphatic heterocycles. The van der Waals surface area contributed by atoms with Gasteiger partial charge in [-0.2, -0.15) is 0 Å². The fourth-order valence-corrected chi connectivity index (χ4v) is 1.30. The molecule has 2 rings (SSSR count). The van der Waals surface area contributed by atoms with Crippen molar-refractivity contribution in [3.8, 4) is 6.01 Å². The highest BCUT2D eigenvalue weighted by Gasteiger charge is 2.04. The van der Waals surface area contributed by atoms with E-state index in [1.165, 1.54) is 12.4 Å². The Balaban J connectivity index is 1.82. The minimum atomic E-state index is 0.292. The van der Waals surface area contributed by atoms with Crippen LogP contribution in [0.25, 0.3) is 0 Å². The van der Waals surface area contributed by atoms with Crippen molar-refractivity contribution in [1.82, 2.24) is 19.9 Å². The fourth-order valence-electron chi connectivity index (χ4n) is 1.30. The lowest BCUT2D eigenvalue weighted by atomic mass is 10.5. The van der Waals surface area contributed by atoms with Gasteiger partial charge in [-0.1, -0.05) is 0 Å². The number of ether oxygens (including phenoxy) is 1. The lowest BCUT2D eigenvalue weighted by molar-refractivity contribution is 0.299. The molecule has 0 aliphatic rings. The van der Waals surface area contributed by atoms with Crippen LogP contribution in [0.15, 0.2) is 24.8 Å². The smallest absolute Gasteiger partial charge is 0.316 e. The van der Waals surface area contributed by atoms with E-state index in [-0.39, 0.29) is 0 Å². The molecule has 0 saturated carbocycles. The first-order chi connectivity index (χ1) is 9.15. The van der Waals surface area contributed by atoms with Crippen LogP contribution in [0, 0.1) is 0 Å². The molecule has 100 valence electrons. The molecule has 0 atom stereocenters. The van der Waals surface area contributed by atoms with Gasteiger partial charge in [0.1, 0.15) is 6.61 Å². The topological polar surface area (TPSA) is 116 Å². The maximum Gasteiger partial charge on any atom is 0.316 e. The van der Waals surface area contributed by atoms with E-state index in [2.05, 4.69) is 19.9 Å². The van der Waals surface area contributed by atoms with Crippen LogP contribution in [0.3, 0.4) is 0 Å². The summed E-state index contributed by atoms with van der Waals surface area (Å²) in [5.74, 6) is 0.580. The number of rotatable bonds is 5. The molecule has 0 unspecified atom stereocenters. The zero-order valence-corrected chi connectivity index (χ0v) is 10.5. The molecule has 8 heteroatoms. The summed E-state index contributed by atoms with van der Waals surface area (Å²) < 4.78 is 5.38. The summed E-state index contributed by atoms with van der Waals surface area (Å²) in [5, 5.41) is 0. The maximum absolute atomic E-state index is 5.52. The quantitative estimate of drug-likeness (QED) is 0.769. The summed E-state index contributed by atoms with van der Waals surface area (Å²) in [7, 11) is 1.86. The molecule has 8 nitrogen and oxygen atoms in total. The Labute approximate surface area is 110 Å². The van der Waals surface area contributed by atoms with Gasteiger partial charge in [-0.15, -0.1) is 0 Å². The number of likely N-dealkylation sites (N-methyl/N-ethyl adjacent to an activating group) is 1. The summed E-state index contributed by atoms with van der Waals surface area (Å²) in [4.78, 5) is 17.9. The molecule has 2 aromatic rings. The lowest BCUT2D eigenvalue weighted by Crippen LogP contribution is -2.25. The molecule has 2 heterocycles. The summed E-state index contributed by atoms with van der Waals surface area (Å²) in [5.41, 5.74) is 12.0. The van der Waals surface area contributed by atoms with Gasteiger partial charge in [0.15, 0.2) is 0 Å². The number of nitrogens with zero attached hydrogens (tertiary/aromatic N) is 5. The van der Waals surface area contributed by atoms with Crippen LogP contribution in [-0.2, 0) is 0 Å². The van der Waals surface area contributed by atoms with Crippen molar-refractivity contribution in [2.75, 3.05) is 36.6 Å². The van der Waals surface area contributed by atoms with Crippen LogP contribution in [0.5, 0.6) is 6.01 Å². The van der Waals surface area contributed by atoms with Crippen molar-refractivity contribution in [3.05, 3.63) is 24.8 Å². The Kier molecular flexibility index (Phi) is 3.91. The highest BCUT2D eigenvalue weighted by Crippen LogP contribution is 2.06. The lowest BCUT2D eigenvalue weighted by Gasteiger charge is -2.16. The zero-order chi connectivity index (χ0) is 13.7. The molecule has 0 fully saturated rings. The second-order valence-corrected chi connectivity index (χ2v) is 3.89. The fraction of sp³-hybridized carbons (Fsp3) is 0.273. The summed E-state index contributed by atoms with van der Waals surface area (Å²) in [6.45, 7) is 1.01. The predicted molar refractivity (Wildman–Crippen MR) is 71.7 cm³/mol. The molecule has 0 spiro atoms. The van der Waals surface area contributed by atoms with Gasteiger partial charge in [0.25, 0.3) is 0 Å². The molecule has 4 N–H and O–H groups in total. The molecular weight excluding hydrogens is 246 g/mol. The molecule has 0 aliphatic carbocycles. The predicted octanol–water partition coefficient (Wildman–Crippen LogP) is -0.0538. The standard InChI is InChI=1S/C11H15N7O/c1-18(10-14-4-8(12)5-15-10)2-3-19-11-16-6-9(13)7-17-11/h4-7H,2-3,12-13H2,1H3. The third kappa shape index (κ3) is 3.66. The summed E-state index contributed by atoms with van der Waals surface area (Å²) in [6, 6.07) is 0.292. The number of nitrogens with two attached hydrogens (primary N) is 2. The number of nitrogen functional groups attached to an aromatic ring is 2. The van der Waals surface area contributed by atoms with E-state index in [1.54, 1.807) is 12.4 Å². The van der Waals surface area contributed by atoms with E-state index in [4.69, 9.17) is 16.2 Å². The van der Waals surface area contributed by atoms with Crippen LogP contribution in [-0.4, -0.2) is 40.1 Å². The van der Waals surface area contributed by atoms with Gasteiger partial charge in [0.05, 0.1) is 42.7 Å². The Morgan fingerprint density at radius 2 is 1.53 bits per heavy atom. The van der Waals surface area contributed by atoms with Crippen LogP contribution in [0.4, 0.5) is 17.3 Å². The number of anilines is 3. The Morgan fingerprint density at radius 1 is 1.00 bits per heavy atom. The van der Waals surface area contributed by atoms with Crippen molar-refractivity contribution in [1.29, 1.82) is 0 Å².